The molecule has 0 spiro atoms. The minimum absolute atomic E-state index is 0.823. The molecule has 0 radical (unpaired) electrons. The summed E-state index contributed by atoms with van der Waals surface area (Å²) in [6, 6.07) is 0.823. The van der Waals surface area contributed by atoms with Crippen molar-refractivity contribution in [2.45, 2.75) is 155 Å². The second-order valence-corrected chi connectivity index (χ2v) is 10.2. The predicted molar refractivity (Wildman–Crippen MR) is 130 cm³/mol. The van der Waals surface area contributed by atoms with Gasteiger partial charge in [-0.2, -0.15) is 0 Å². The van der Waals surface area contributed by atoms with Crippen molar-refractivity contribution in [3.05, 3.63) is 0 Å². The molecule has 0 saturated carbocycles. The third kappa shape index (κ3) is 18.0. The van der Waals surface area contributed by atoms with Crippen molar-refractivity contribution in [1.29, 1.82) is 0 Å². The van der Waals surface area contributed by atoms with Gasteiger partial charge < -0.3 is 4.48 Å². The highest BCUT2D eigenvalue weighted by Crippen LogP contribution is 2.18. The molecular weight excluding hydrogens is 338 g/mol. The smallest absolute Gasteiger partial charge is 0.0857 e. The van der Waals surface area contributed by atoms with E-state index in [1.165, 1.54) is 139 Å². The van der Waals surface area contributed by atoms with E-state index in [1.54, 1.807) is 0 Å². The van der Waals surface area contributed by atoms with Crippen molar-refractivity contribution in [2.75, 3.05) is 20.6 Å². The molecule has 1 unspecified atom stereocenters. The Labute approximate surface area is 180 Å². The maximum absolute atomic E-state index is 2.48. The van der Waals surface area contributed by atoms with E-state index < -0.39 is 0 Å². The Bertz CT molecular complexity index is 297. The standard InChI is InChI=1S/C27H58N/c1-6-8-10-12-14-15-16-17-18-19-20-22-24-26-28(4,5)27(3)25-23-21-13-11-9-7-2/h27H,6-26H2,1-5H3/q+1. The third-order valence-corrected chi connectivity index (χ3v) is 7.01. The molecule has 0 rings (SSSR count). The highest BCUT2D eigenvalue weighted by Gasteiger charge is 2.22. The van der Waals surface area contributed by atoms with Gasteiger partial charge in [0.25, 0.3) is 0 Å². The van der Waals surface area contributed by atoms with Crippen LogP contribution in [0.3, 0.4) is 0 Å². The molecule has 0 amide bonds. The Kier molecular flexibility index (Phi) is 20.2. The second kappa shape index (κ2) is 20.2. The summed E-state index contributed by atoms with van der Waals surface area (Å²) < 4.78 is 1.23. The first-order chi connectivity index (χ1) is 13.5. The van der Waals surface area contributed by atoms with Crippen LogP contribution in [0.25, 0.3) is 0 Å². The minimum atomic E-state index is 0.823. The minimum Gasteiger partial charge on any atom is -0.326 e. The first kappa shape index (κ1) is 28.0. The van der Waals surface area contributed by atoms with Crippen LogP contribution >= 0.6 is 0 Å². The number of hydrogen-bond acceptors (Lipinski definition) is 0. The zero-order valence-electron chi connectivity index (χ0n) is 20.9. The van der Waals surface area contributed by atoms with Gasteiger partial charge in [0, 0.05) is 0 Å². The quantitative estimate of drug-likeness (QED) is 0.126. The second-order valence-electron chi connectivity index (χ2n) is 10.2. The SMILES string of the molecule is CCCCCCCCCCCCCCC[N+](C)(C)C(C)CCCCCCCC. The topological polar surface area (TPSA) is 0 Å². The highest BCUT2D eigenvalue weighted by molar-refractivity contribution is 4.55. The molecule has 28 heavy (non-hydrogen) atoms. The summed E-state index contributed by atoms with van der Waals surface area (Å²) in [6.07, 6.45) is 28.9. The first-order valence-corrected chi connectivity index (χ1v) is 13.4. The fourth-order valence-corrected chi connectivity index (χ4v) is 4.33. The van der Waals surface area contributed by atoms with Crippen LogP contribution in [0.5, 0.6) is 0 Å². The van der Waals surface area contributed by atoms with E-state index in [2.05, 4.69) is 34.9 Å². The Balaban J connectivity index is 3.45. The van der Waals surface area contributed by atoms with Crippen LogP contribution in [0.1, 0.15) is 149 Å². The molecule has 0 bridgehead atoms. The van der Waals surface area contributed by atoms with E-state index in [4.69, 9.17) is 0 Å². The lowest BCUT2D eigenvalue weighted by atomic mass is 10.0. The molecule has 0 N–H and O–H groups in total. The van der Waals surface area contributed by atoms with Crippen molar-refractivity contribution < 1.29 is 4.48 Å². The molecule has 0 aliphatic carbocycles. The molecule has 170 valence electrons. The zero-order valence-corrected chi connectivity index (χ0v) is 20.9. The molecule has 0 aliphatic heterocycles. The van der Waals surface area contributed by atoms with Crippen LogP contribution in [0.2, 0.25) is 0 Å². The van der Waals surface area contributed by atoms with Gasteiger partial charge in [0.1, 0.15) is 0 Å². The van der Waals surface area contributed by atoms with Gasteiger partial charge in [0.2, 0.25) is 0 Å². The number of rotatable bonds is 22. The zero-order chi connectivity index (χ0) is 20.9. The van der Waals surface area contributed by atoms with Gasteiger partial charge in [0.15, 0.2) is 0 Å². The van der Waals surface area contributed by atoms with E-state index in [1.807, 2.05) is 0 Å². The largest absolute Gasteiger partial charge is 0.326 e. The van der Waals surface area contributed by atoms with Gasteiger partial charge in [-0.15, -0.1) is 0 Å². The molecular formula is C27H58N+. The fourth-order valence-electron chi connectivity index (χ4n) is 4.33. The van der Waals surface area contributed by atoms with E-state index in [-0.39, 0.29) is 0 Å². The molecule has 0 aromatic carbocycles. The summed E-state index contributed by atoms with van der Waals surface area (Å²) in [6.45, 7) is 8.46. The number of quaternary nitrogens is 1. The van der Waals surface area contributed by atoms with E-state index in [0.29, 0.717) is 0 Å². The Morgan fingerprint density at radius 3 is 1.18 bits per heavy atom. The molecule has 1 atom stereocenters. The lowest BCUT2D eigenvalue weighted by Gasteiger charge is -2.36. The van der Waals surface area contributed by atoms with E-state index in [9.17, 15) is 0 Å². The summed E-state index contributed by atoms with van der Waals surface area (Å²) in [5, 5.41) is 0. The first-order valence-electron chi connectivity index (χ1n) is 13.4. The summed E-state index contributed by atoms with van der Waals surface area (Å²) in [5.74, 6) is 0. The summed E-state index contributed by atoms with van der Waals surface area (Å²) in [4.78, 5) is 0. The van der Waals surface area contributed by atoms with E-state index >= 15 is 0 Å². The summed E-state index contributed by atoms with van der Waals surface area (Å²) >= 11 is 0. The van der Waals surface area contributed by atoms with Crippen LogP contribution in [0.15, 0.2) is 0 Å². The van der Waals surface area contributed by atoms with Gasteiger partial charge in [0.05, 0.1) is 26.7 Å². The van der Waals surface area contributed by atoms with Crippen molar-refractivity contribution in [2.24, 2.45) is 0 Å². The van der Waals surface area contributed by atoms with Gasteiger partial charge >= 0.3 is 0 Å². The highest BCUT2D eigenvalue weighted by atomic mass is 15.3. The Hall–Kier alpha value is -0.0400. The Morgan fingerprint density at radius 1 is 0.464 bits per heavy atom. The maximum Gasteiger partial charge on any atom is 0.0857 e. The van der Waals surface area contributed by atoms with Gasteiger partial charge in [-0.3, -0.25) is 0 Å². The summed E-state index contributed by atoms with van der Waals surface area (Å²) in [7, 11) is 4.92. The third-order valence-electron chi connectivity index (χ3n) is 7.01. The molecule has 1 nitrogen and oxygen atoms in total. The molecule has 0 saturated heterocycles. The van der Waals surface area contributed by atoms with Crippen molar-refractivity contribution >= 4 is 0 Å². The molecule has 0 aromatic rings. The van der Waals surface area contributed by atoms with Crippen LogP contribution in [0.4, 0.5) is 0 Å². The van der Waals surface area contributed by atoms with Crippen LogP contribution in [-0.2, 0) is 0 Å². The normalized spacial score (nSPS) is 13.2. The predicted octanol–water partition coefficient (Wildman–Crippen LogP) is 9.29. The fraction of sp³-hybridized carbons (Fsp3) is 1.00. The lowest BCUT2D eigenvalue weighted by molar-refractivity contribution is -0.913. The monoisotopic (exact) mass is 396 g/mol. The molecule has 0 aromatic heterocycles. The van der Waals surface area contributed by atoms with Crippen LogP contribution < -0.4 is 0 Å². The van der Waals surface area contributed by atoms with Crippen LogP contribution in [-0.4, -0.2) is 31.2 Å². The molecule has 0 aliphatic rings. The number of unbranched alkanes of at least 4 members (excludes halogenated alkanes) is 17. The lowest BCUT2D eigenvalue weighted by Crippen LogP contribution is -2.47. The molecule has 0 fully saturated rings. The van der Waals surface area contributed by atoms with Crippen molar-refractivity contribution in [1.82, 2.24) is 0 Å². The van der Waals surface area contributed by atoms with Crippen LogP contribution in [0, 0.1) is 0 Å². The van der Waals surface area contributed by atoms with Crippen molar-refractivity contribution in [3.63, 3.8) is 0 Å². The van der Waals surface area contributed by atoms with Gasteiger partial charge in [-0.05, 0) is 32.6 Å². The van der Waals surface area contributed by atoms with Gasteiger partial charge in [-0.25, -0.2) is 0 Å². The maximum atomic E-state index is 2.48. The molecule has 1 heteroatoms. The molecule has 0 heterocycles. The summed E-state index contributed by atoms with van der Waals surface area (Å²) in [5.41, 5.74) is 0. The number of hydrogen-bond donors (Lipinski definition) is 0. The van der Waals surface area contributed by atoms with E-state index in [0.717, 1.165) is 6.04 Å². The number of nitrogens with zero attached hydrogens (tertiary/aromatic N) is 1. The van der Waals surface area contributed by atoms with Crippen molar-refractivity contribution in [3.8, 4) is 0 Å². The Morgan fingerprint density at radius 2 is 0.786 bits per heavy atom. The average molecular weight is 397 g/mol. The average Bonchev–Trinajstić information content (AvgIpc) is 2.68. The van der Waals surface area contributed by atoms with Gasteiger partial charge in [-0.1, -0.05) is 117 Å².